The number of pyridine rings is 1. The molecule has 3 aromatic rings. The number of anilines is 1. The summed E-state index contributed by atoms with van der Waals surface area (Å²) in [6.07, 6.45) is 3.45. The number of amides is 1. The van der Waals surface area contributed by atoms with Gasteiger partial charge in [0, 0.05) is 24.0 Å². The van der Waals surface area contributed by atoms with E-state index in [4.69, 9.17) is 0 Å². The summed E-state index contributed by atoms with van der Waals surface area (Å²) in [6, 6.07) is 18.9. The molecule has 30 heavy (non-hydrogen) atoms. The second kappa shape index (κ2) is 8.28. The maximum Gasteiger partial charge on any atom is 0.261 e. The summed E-state index contributed by atoms with van der Waals surface area (Å²) < 4.78 is 28.3. The van der Waals surface area contributed by atoms with Crippen LogP contribution in [0.4, 0.5) is 5.69 Å². The number of hydrogen-bond donors (Lipinski definition) is 1. The highest BCUT2D eigenvalue weighted by Gasteiger charge is 2.31. The molecular weight excluding hydrogens is 398 g/mol. The molecule has 6 nitrogen and oxygen atoms in total. The first-order chi connectivity index (χ1) is 14.4. The fraction of sp³-hybridized carbons (Fsp3) is 0.217. The number of likely N-dealkylation sites (tertiary alicyclic amines) is 1. The summed E-state index contributed by atoms with van der Waals surface area (Å²) in [4.78, 5) is 19.4. The SMILES string of the molecule is Cc1cccc(NS(=O)(=O)c2cccc(C(=O)N3CCCC3c3ccccn3)c2)c1. The molecule has 1 fully saturated rings. The van der Waals surface area contributed by atoms with Gasteiger partial charge in [-0.15, -0.1) is 0 Å². The van der Waals surface area contributed by atoms with Gasteiger partial charge in [-0.1, -0.05) is 24.3 Å². The average molecular weight is 422 g/mol. The number of carbonyl (C=O) groups excluding carboxylic acids is 1. The average Bonchev–Trinajstić information content (AvgIpc) is 3.23. The zero-order chi connectivity index (χ0) is 21.1. The van der Waals surface area contributed by atoms with Crippen LogP contribution < -0.4 is 4.72 Å². The second-order valence-electron chi connectivity index (χ2n) is 7.41. The Labute approximate surface area is 176 Å². The van der Waals surface area contributed by atoms with Crippen molar-refractivity contribution in [2.75, 3.05) is 11.3 Å². The molecule has 0 aliphatic carbocycles. The van der Waals surface area contributed by atoms with Crippen molar-refractivity contribution in [3.05, 3.63) is 89.7 Å². The minimum absolute atomic E-state index is 0.0587. The predicted molar refractivity (Wildman–Crippen MR) is 116 cm³/mol. The van der Waals surface area contributed by atoms with Crippen molar-refractivity contribution in [3.63, 3.8) is 0 Å². The van der Waals surface area contributed by atoms with Crippen molar-refractivity contribution in [2.24, 2.45) is 0 Å². The third-order valence-electron chi connectivity index (χ3n) is 5.20. The van der Waals surface area contributed by atoms with Gasteiger partial charge in [0.2, 0.25) is 0 Å². The Hall–Kier alpha value is -3.19. The van der Waals surface area contributed by atoms with Gasteiger partial charge < -0.3 is 4.90 Å². The number of carbonyl (C=O) groups is 1. The Morgan fingerprint density at radius 2 is 1.90 bits per heavy atom. The van der Waals surface area contributed by atoms with Crippen LogP contribution in [-0.2, 0) is 10.0 Å². The van der Waals surface area contributed by atoms with E-state index in [0.717, 1.165) is 24.1 Å². The number of rotatable bonds is 5. The van der Waals surface area contributed by atoms with E-state index in [1.807, 2.05) is 31.2 Å². The van der Waals surface area contributed by atoms with Crippen molar-refractivity contribution >= 4 is 21.6 Å². The van der Waals surface area contributed by atoms with Crippen LogP contribution in [-0.4, -0.2) is 30.8 Å². The molecule has 2 aromatic carbocycles. The lowest BCUT2D eigenvalue weighted by Gasteiger charge is -2.24. The zero-order valence-electron chi connectivity index (χ0n) is 16.7. The molecule has 1 amide bonds. The molecule has 1 aliphatic rings. The molecule has 1 unspecified atom stereocenters. The number of sulfonamides is 1. The zero-order valence-corrected chi connectivity index (χ0v) is 17.5. The molecule has 7 heteroatoms. The maximum atomic E-state index is 13.2. The first-order valence-electron chi connectivity index (χ1n) is 9.85. The highest BCUT2D eigenvalue weighted by molar-refractivity contribution is 7.92. The van der Waals surface area contributed by atoms with Crippen LogP contribution in [0, 0.1) is 6.92 Å². The van der Waals surface area contributed by atoms with E-state index in [1.54, 1.807) is 41.4 Å². The van der Waals surface area contributed by atoms with Crippen LogP contribution >= 0.6 is 0 Å². The van der Waals surface area contributed by atoms with Gasteiger partial charge in [0.05, 0.1) is 16.6 Å². The minimum atomic E-state index is -3.81. The molecular formula is C23H23N3O3S. The Balaban J connectivity index is 1.59. The fourth-order valence-corrected chi connectivity index (χ4v) is 4.87. The number of nitrogens with one attached hydrogen (secondary N) is 1. The molecule has 0 saturated carbocycles. The van der Waals surface area contributed by atoms with E-state index >= 15 is 0 Å². The van der Waals surface area contributed by atoms with Crippen molar-refractivity contribution in [2.45, 2.75) is 30.7 Å². The predicted octanol–water partition coefficient (Wildman–Crippen LogP) is 4.17. The van der Waals surface area contributed by atoms with Gasteiger partial charge in [0.15, 0.2) is 0 Å². The van der Waals surface area contributed by atoms with Gasteiger partial charge in [0.25, 0.3) is 15.9 Å². The van der Waals surface area contributed by atoms with Crippen LogP contribution in [0.1, 0.15) is 40.5 Å². The Morgan fingerprint density at radius 3 is 2.67 bits per heavy atom. The Bertz CT molecular complexity index is 1160. The van der Waals surface area contributed by atoms with Crippen LogP contribution in [0.25, 0.3) is 0 Å². The largest absolute Gasteiger partial charge is 0.330 e. The van der Waals surface area contributed by atoms with E-state index in [1.165, 1.54) is 12.1 Å². The maximum absolute atomic E-state index is 13.2. The molecule has 1 N–H and O–H groups in total. The van der Waals surface area contributed by atoms with Gasteiger partial charge in [-0.05, 0) is 67.8 Å². The number of benzene rings is 2. The smallest absolute Gasteiger partial charge is 0.261 e. The normalized spacial score (nSPS) is 16.4. The van der Waals surface area contributed by atoms with Crippen molar-refractivity contribution in [1.82, 2.24) is 9.88 Å². The molecule has 154 valence electrons. The Morgan fingerprint density at radius 1 is 1.07 bits per heavy atom. The fourth-order valence-electron chi connectivity index (χ4n) is 3.78. The van der Waals surface area contributed by atoms with Gasteiger partial charge in [-0.25, -0.2) is 8.42 Å². The third kappa shape index (κ3) is 4.21. The second-order valence-corrected chi connectivity index (χ2v) is 9.10. The first-order valence-corrected chi connectivity index (χ1v) is 11.3. The summed E-state index contributed by atoms with van der Waals surface area (Å²) in [5.74, 6) is -0.184. The lowest BCUT2D eigenvalue weighted by atomic mass is 10.1. The molecule has 4 rings (SSSR count). The van der Waals surface area contributed by atoms with E-state index in [9.17, 15) is 13.2 Å². The quantitative estimate of drug-likeness (QED) is 0.671. The highest BCUT2D eigenvalue weighted by atomic mass is 32.2. The van der Waals surface area contributed by atoms with Crippen LogP contribution in [0.3, 0.4) is 0 Å². The van der Waals surface area contributed by atoms with Crippen LogP contribution in [0.5, 0.6) is 0 Å². The topological polar surface area (TPSA) is 79.4 Å². The number of aryl methyl sites for hydroxylation is 1. The molecule has 1 saturated heterocycles. The molecule has 2 heterocycles. The van der Waals surface area contributed by atoms with Crippen LogP contribution in [0.15, 0.2) is 77.8 Å². The van der Waals surface area contributed by atoms with E-state index in [-0.39, 0.29) is 16.8 Å². The summed E-state index contributed by atoms with van der Waals surface area (Å²) in [5.41, 5.74) is 2.65. The van der Waals surface area contributed by atoms with E-state index in [2.05, 4.69) is 9.71 Å². The first kappa shape index (κ1) is 20.1. The van der Waals surface area contributed by atoms with Gasteiger partial charge >= 0.3 is 0 Å². The summed E-state index contributed by atoms with van der Waals surface area (Å²) in [7, 11) is -3.81. The lowest BCUT2D eigenvalue weighted by Crippen LogP contribution is -2.31. The van der Waals surface area contributed by atoms with E-state index in [0.29, 0.717) is 17.8 Å². The van der Waals surface area contributed by atoms with Gasteiger partial charge in [-0.3, -0.25) is 14.5 Å². The molecule has 0 bridgehead atoms. The molecule has 0 spiro atoms. The van der Waals surface area contributed by atoms with E-state index < -0.39 is 10.0 Å². The Kier molecular flexibility index (Phi) is 5.55. The monoisotopic (exact) mass is 421 g/mol. The lowest BCUT2D eigenvalue weighted by molar-refractivity contribution is 0.0732. The molecule has 1 atom stereocenters. The summed E-state index contributed by atoms with van der Waals surface area (Å²) in [6.45, 7) is 2.52. The third-order valence-corrected chi connectivity index (χ3v) is 6.58. The molecule has 0 radical (unpaired) electrons. The minimum Gasteiger partial charge on any atom is -0.330 e. The molecule has 1 aromatic heterocycles. The van der Waals surface area contributed by atoms with Crippen LogP contribution in [0.2, 0.25) is 0 Å². The number of nitrogens with zero attached hydrogens (tertiary/aromatic N) is 2. The molecule has 1 aliphatic heterocycles. The number of hydrogen-bond acceptors (Lipinski definition) is 4. The summed E-state index contributed by atoms with van der Waals surface area (Å²) in [5, 5.41) is 0. The number of aromatic nitrogens is 1. The van der Waals surface area contributed by atoms with Crippen molar-refractivity contribution in [3.8, 4) is 0 Å². The van der Waals surface area contributed by atoms with Gasteiger partial charge in [-0.2, -0.15) is 0 Å². The van der Waals surface area contributed by atoms with Crippen molar-refractivity contribution in [1.29, 1.82) is 0 Å². The summed E-state index contributed by atoms with van der Waals surface area (Å²) >= 11 is 0. The standard InChI is InChI=1S/C23H23N3O3S/c1-17-7-4-9-19(15-17)25-30(28,29)20-10-5-8-18(16-20)23(27)26-14-6-12-22(26)21-11-2-3-13-24-21/h2-5,7-11,13,15-16,22,25H,6,12,14H2,1H3. The highest BCUT2D eigenvalue weighted by Crippen LogP contribution is 2.32. The van der Waals surface area contributed by atoms with Gasteiger partial charge in [0.1, 0.15) is 0 Å². The van der Waals surface area contributed by atoms with Crippen molar-refractivity contribution < 1.29 is 13.2 Å².